The minimum absolute atomic E-state index is 0.227. The molecule has 0 amide bonds. The molecule has 0 radical (unpaired) electrons. The first kappa shape index (κ1) is 11.1. The van der Waals surface area contributed by atoms with Gasteiger partial charge in [0.2, 0.25) is 0 Å². The minimum Gasteiger partial charge on any atom is -0.478 e. The number of aliphatic carboxylic acids is 1. The molecule has 0 atom stereocenters. The summed E-state index contributed by atoms with van der Waals surface area (Å²) < 4.78 is 0. The molecule has 0 aliphatic rings. The zero-order chi connectivity index (χ0) is 12.3. The number of benzene rings is 1. The summed E-state index contributed by atoms with van der Waals surface area (Å²) in [7, 11) is 0. The first-order valence-electron chi connectivity index (χ1n) is 5.06. The Hall–Kier alpha value is -2.43. The monoisotopic (exact) mass is 229 g/mol. The Bertz CT molecular complexity index is 558. The second-order valence-corrected chi connectivity index (χ2v) is 3.53. The zero-order valence-electron chi connectivity index (χ0n) is 9.24. The van der Waals surface area contributed by atoms with Gasteiger partial charge in [0, 0.05) is 5.57 Å². The molecule has 17 heavy (non-hydrogen) atoms. The number of hydrogen-bond donors (Lipinski definition) is 1. The van der Waals surface area contributed by atoms with E-state index in [1.807, 2.05) is 30.3 Å². The van der Waals surface area contributed by atoms with Crippen LogP contribution in [0.25, 0.3) is 11.8 Å². The Morgan fingerprint density at radius 3 is 2.71 bits per heavy atom. The van der Waals surface area contributed by atoms with Crippen molar-refractivity contribution in [3.63, 3.8) is 0 Å². The van der Waals surface area contributed by atoms with E-state index in [9.17, 15) is 4.79 Å². The van der Waals surface area contributed by atoms with Crippen LogP contribution in [0.5, 0.6) is 0 Å². The molecule has 0 aliphatic carbocycles. The van der Waals surface area contributed by atoms with Crippen LogP contribution < -0.4 is 0 Å². The number of para-hydroxylation sites is 1. The molecule has 5 nitrogen and oxygen atoms in total. The smallest absolute Gasteiger partial charge is 0.331 e. The van der Waals surface area contributed by atoms with Gasteiger partial charge in [-0.1, -0.05) is 18.2 Å². The molecule has 1 aromatic heterocycles. The molecule has 0 fully saturated rings. The fourth-order valence-electron chi connectivity index (χ4n) is 1.31. The molecular formula is C12H11N3O2. The first-order chi connectivity index (χ1) is 8.16. The van der Waals surface area contributed by atoms with Crippen molar-refractivity contribution in [1.29, 1.82) is 0 Å². The largest absolute Gasteiger partial charge is 0.478 e. The van der Waals surface area contributed by atoms with Crippen LogP contribution >= 0.6 is 0 Å². The third-order valence-corrected chi connectivity index (χ3v) is 2.20. The lowest BCUT2D eigenvalue weighted by Crippen LogP contribution is -1.98. The standard InChI is InChI=1S/C12H11N3O2/c1-9(12(16)17)7-10-8-13-15(14-10)11-5-3-2-4-6-11/h2-8H,1H3,(H,16,17). The summed E-state index contributed by atoms with van der Waals surface area (Å²) in [6.45, 7) is 1.52. The van der Waals surface area contributed by atoms with E-state index in [0.29, 0.717) is 5.69 Å². The van der Waals surface area contributed by atoms with Crippen LogP contribution in [-0.2, 0) is 4.79 Å². The van der Waals surface area contributed by atoms with Gasteiger partial charge in [-0.3, -0.25) is 0 Å². The normalized spacial score (nSPS) is 11.5. The number of carboxylic acids is 1. The summed E-state index contributed by atoms with van der Waals surface area (Å²) in [6.07, 6.45) is 3.01. The van der Waals surface area contributed by atoms with E-state index in [0.717, 1.165) is 5.69 Å². The van der Waals surface area contributed by atoms with Gasteiger partial charge in [-0.05, 0) is 25.1 Å². The molecule has 0 unspecified atom stereocenters. The van der Waals surface area contributed by atoms with Crippen molar-refractivity contribution >= 4 is 12.0 Å². The Morgan fingerprint density at radius 2 is 2.06 bits per heavy atom. The highest BCUT2D eigenvalue weighted by Gasteiger charge is 2.03. The van der Waals surface area contributed by atoms with Crippen LogP contribution in [0, 0.1) is 0 Å². The summed E-state index contributed by atoms with van der Waals surface area (Å²) in [5.74, 6) is -0.959. The minimum atomic E-state index is -0.959. The van der Waals surface area contributed by atoms with Gasteiger partial charge >= 0.3 is 5.97 Å². The number of carboxylic acid groups (broad SMARTS) is 1. The summed E-state index contributed by atoms with van der Waals surface area (Å²) in [5, 5.41) is 17.0. The predicted molar refractivity (Wildman–Crippen MR) is 62.6 cm³/mol. The predicted octanol–water partition coefficient (Wildman–Crippen LogP) is 1.76. The number of rotatable bonds is 3. The van der Waals surface area contributed by atoms with E-state index >= 15 is 0 Å². The molecule has 1 heterocycles. The van der Waals surface area contributed by atoms with Gasteiger partial charge in [0.25, 0.3) is 0 Å². The summed E-state index contributed by atoms with van der Waals surface area (Å²) in [6, 6.07) is 9.42. The SMILES string of the molecule is CC(=Cc1cnn(-c2ccccc2)n1)C(=O)O. The molecule has 5 heteroatoms. The second kappa shape index (κ2) is 4.61. The maximum absolute atomic E-state index is 10.7. The van der Waals surface area contributed by atoms with E-state index in [-0.39, 0.29) is 5.57 Å². The van der Waals surface area contributed by atoms with Gasteiger partial charge in [0.05, 0.1) is 11.9 Å². The summed E-state index contributed by atoms with van der Waals surface area (Å²) in [5.41, 5.74) is 1.58. The van der Waals surface area contributed by atoms with Gasteiger partial charge in [0.15, 0.2) is 0 Å². The molecule has 1 N–H and O–H groups in total. The van der Waals surface area contributed by atoms with Crippen LogP contribution in [0.3, 0.4) is 0 Å². The fraction of sp³-hybridized carbons (Fsp3) is 0.0833. The second-order valence-electron chi connectivity index (χ2n) is 3.53. The van der Waals surface area contributed by atoms with Crippen molar-refractivity contribution in [3.8, 4) is 5.69 Å². The summed E-state index contributed by atoms with van der Waals surface area (Å²) >= 11 is 0. The molecular weight excluding hydrogens is 218 g/mol. The average molecular weight is 229 g/mol. The lowest BCUT2D eigenvalue weighted by Gasteiger charge is -1.96. The number of aromatic nitrogens is 3. The van der Waals surface area contributed by atoms with E-state index in [4.69, 9.17) is 5.11 Å². The third-order valence-electron chi connectivity index (χ3n) is 2.20. The molecule has 0 saturated carbocycles. The molecule has 86 valence electrons. The molecule has 0 aliphatic heterocycles. The molecule has 0 spiro atoms. The van der Waals surface area contributed by atoms with Gasteiger partial charge in [-0.15, -0.1) is 5.10 Å². The quantitative estimate of drug-likeness (QED) is 0.814. The van der Waals surface area contributed by atoms with Crippen LogP contribution in [-0.4, -0.2) is 26.1 Å². The van der Waals surface area contributed by atoms with Crippen molar-refractivity contribution in [1.82, 2.24) is 15.0 Å². The highest BCUT2D eigenvalue weighted by molar-refractivity contribution is 5.90. The summed E-state index contributed by atoms with van der Waals surface area (Å²) in [4.78, 5) is 12.1. The van der Waals surface area contributed by atoms with Crippen LogP contribution in [0.15, 0.2) is 42.1 Å². The fourth-order valence-corrected chi connectivity index (χ4v) is 1.31. The molecule has 2 rings (SSSR count). The average Bonchev–Trinajstić information content (AvgIpc) is 2.78. The Kier molecular flexibility index (Phi) is 3.00. The lowest BCUT2D eigenvalue weighted by atomic mass is 10.2. The van der Waals surface area contributed by atoms with Crippen LogP contribution in [0.2, 0.25) is 0 Å². The Labute approximate surface area is 98.0 Å². The maximum Gasteiger partial charge on any atom is 0.331 e. The topological polar surface area (TPSA) is 68.0 Å². The lowest BCUT2D eigenvalue weighted by molar-refractivity contribution is -0.132. The zero-order valence-corrected chi connectivity index (χ0v) is 9.24. The third kappa shape index (κ3) is 2.57. The molecule has 0 saturated heterocycles. The van der Waals surface area contributed by atoms with Crippen molar-refractivity contribution in [2.24, 2.45) is 0 Å². The van der Waals surface area contributed by atoms with E-state index in [1.165, 1.54) is 24.0 Å². The van der Waals surface area contributed by atoms with Crippen molar-refractivity contribution < 1.29 is 9.90 Å². The number of nitrogens with zero attached hydrogens (tertiary/aromatic N) is 3. The van der Waals surface area contributed by atoms with Crippen LogP contribution in [0.1, 0.15) is 12.6 Å². The van der Waals surface area contributed by atoms with Crippen molar-refractivity contribution in [2.75, 3.05) is 0 Å². The molecule has 1 aromatic carbocycles. The van der Waals surface area contributed by atoms with Crippen molar-refractivity contribution in [3.05, 3.63) is 47.8 Å². The van der Waals surface area contributed by atoms with E-state index in [1.54, 1.807) is 0 Å². The van der Waals surface area contributed by atoms with Gasteiger partial charge < -0.3 is 5.11 Å². The van der Waals surface area contributed by atoms with Gasteiger partial charge in [0.1, 0.15) is 5.69 Å². The Balaban J connectivity index is 2.29. The molecule has 0 bridgehead atoms. The number of hydrogen-bond acceptors (Lipinski definition) is 3. The van der Waals surface area contributed by atoms with E-state index < -0.39 is 5.97 Å². The van der Waals surface area contributed by atoms with E-state index in [2.05, 4.69) is 10.2 Å². The highest BCUT2D eigenvalue weighted by atomic mass is 16.4. The van der Waals surface area contributed by atoms with Gasteiger partial charge in [-0.25, -0.2) is 4.79 Å². The maximum atomic E-state index is 10.7. The van der Waals surface area contributed by atoms with Crippen molar-refractivity contribution in [2.45, 2.75) is 6.92 Å². The number of carbonyl (C=O) groups is 1. The highest BCUT2D eigenvalue weighted by Crippen LogP contribution is 2.07. The van der Waals surface area contributed by atoms with Crippen LogP contribution in [0.4, 0.5) is 0 Å². The Morgan fingerprint density at radius 1 is 1.35 bits per heavy atom. The van der Waals surface area contributed by atoms with Gasteiger partial charge in [-0.2, -0.15) is 9.90 Å². The molecule has 2 aromatic rings. The first-order valence-corrected chi connectivity index (χ1v) is 5.06.